The fraction of sp³-hybridized carbons (Fsp3) is 0.560. The van der Waals surface area contributed by atoms with Gasteiger partial charge in [-0.05, 0) is 51.8 Å². The smallest absolute Gasteiger partial charge is 0.411 e. The fourth-order valence-electron chi connectivity index (χ4n) is 4.18. The van der Waals surface area contributed by atoms with Crippen LogP contribution < -0.4 is 5.32 Å². The molecule has 3 rings (SSSR count). The van der Waals surface area contributed by atoms with Gasteiger partial charge in [-0.2, -0.15) is 0 Å². The molecular formula is C25H33N3O8. The number of nitro benzene ring substituents is 1. The summed E-state index contributed by atoms with van der Waals surface area (Å²) in [5, 5.41) is 13.7. The van der Waals surface area contributed by atoms with Crippen LogP contribution in [-0.4, -0.2) is 64.2 Å². The molecule has 11 heteroatoms. The molecule has 1 aliphatic heterocycles. The van der Waals surface area contributed by atoms with Crippen molar-refractivity contribution in [3.05, 3.63) is 52.6 Å². The van der Waals surface area contributed by atoms with E-state index < -0.39 is 46.2 Å². The molecule has 0 radical (unpaired) electrons. The number of carbonyl (C=O) groups excluding carboxylic acids is 3. The number of non-ortho nitro benzene ring substituents is 1. The van der Waals surface area contributed by atoms with Gasteiger partial charge >= 0.3 is 12.1 Å². The number of amides is 2. The van der Waals surface area contributed by atoms with E-state index in [1.54, 1.807) is 45.9 Å². The average molecular weight is 504 g/mol. The quantitative estimate of drug-likeness (QED) is 0.235. The molecule has 1 aromatic carbocycles. The minimum atomic E-state index is -1.19. The van der Waals surface area contributed by atoms with Crippen LogP contribution in [0.2, 0.25) is 0 Å². The minimum Gasteiger partial charge on any atom is -0.464 e. The molecule has 1 heterocycles. The van der Waals surface area contributed by atoms with Gasteiger partial charge in [0.25, 0.3) is 5.69 Å². The number of likely N-dealkylation sites (tertiary alicyclic amines) is 1. The number of hydrogen-bond acceptors (Lipinski definition) is 8. The molecule has 0 spiro atoms. The maximum absolute atomic E-state index is 13.4. The standard InChI is InChI=1S/C25H33N3O8/c1-6-17-13-25(17,22(30)34-7-2)26-21(29)20-12-19(14-27(20)23(31)36-24(3,4)5)35-15-16-8-10-18(11-9-16)28(32)33/h6,8-11,17,19-20H,1,7,12-15H2,2-5H3,(H,26,29). The first-order valence-electron chi connectivity index (χ1n) is 11.9. The first kappa shape index (κ1) is 27.1. The van der Waals surface area contributed by atoms with Crippen LogP contribution >= 0.6 is 0 Å². The third-order valence-corrected chi connectivity index (χ3v) is 6.11. The summed E-state index contributed by atoms with van der Waals surface area (Å²) in [7, 11) is 0. The van der Waals surface area contributed by atoms with Gasteiger partial charge in [0.15, 0.2) is 0 Å². The van der Waals surface area contributed by atoms with Gasteiger partial charge in [-0.25, -0.2) is 9.59 Å². The zero-order chi connectivity index (χ0) is 26.7. The summed E-state index contributed by atoms with van der Waals surface area (Å²) < 4.78 is 16.6. The van der Waals surface area contributed by atoms with E-state index in [2.05, 4.69) is 11.9 Å². The molecular weight excluding hydrogens is 470 g/mol. The zero-order valence-corrected chi connectivity index (χ0v) is 21.0. The lowest BCUT2D eigenvalue weighted by molar-refractivity contribution is -0.384. The lowest BCUT2D eigenvalue weighted by atomic mass is 10.1. The highest BCUT2D eigenvalue weighted by atomic mass is 16.6. The molecule has 1 saturated heterocycles. The van der Waals surface area contributed by atoms with E-state index in [-0.39, 0.29) is 37.8 Å². The Kier molecular flexibility index (Phi) is 8.02. The van der Waals surface area contributed by atoms with E-state index in [1.807, 2.05) is 0 Å². The Morgan fingerprint density at radius 2 is 1.94 bits per heavy atom. The SMILES string of the molecule is C=CC1CC1(NC(=O)C1CC(OCc2ccc([N+](=O)[O-])cc2)CN1C(=O)OC(C)(C)C)C(=O)OCC. The molecule has 2 aliphatic rings. The molecule has 2 fully saturated rings. The minimum absolute atomic E-state index is 0.0270. The van der Waals surface area contributed by atoms with Crippen LogP contribution in [0.1, 0.15) is 46.1 Å². The molecule has 2 amide bonds. The van der Waals surface area contributed by atoms with Crippen molar-refractivity contribution >= 4 is 23.7 Å². The van der Waals surface area contributed by atoms with Crippen molar-refractivity contribution in [3.63, 3.8) is 0 Å². The van der Waals surface area contributed by atoms with Crippen molar-refractivity contribution in [3.8, 4) is 0 Å². The topological polar surface area (TPSA) is 137 Å². The van der Waals surface area contributed by atoms with Crippen LogP contribution in [0.3, 0.4) is 0 Å². The van der Waals surface area contributed by atoms with Crippen molar-refractivity contribution in [1.29, 1.82) is 0 Å². The third kappa shape index (κ3) is 6.20. The molecule has 36 heavy (non-hydrogen) atoms. The summed E-state index contributed by atoms with van der Waals surface area (Å²) in [6, 6.07) is 5.04. The normalized spacial score (nSPS) is 25.1. The van der Waals surface area contributed by atoms with Crippen molar-refractivity contribution in [1.82, 2.24) is 10.2 Å². The average Bonchev–Trinajstić information content (AvgIpc) is 3.34. The Labute approximate surface area is 209 Å². The van der Waals surface area contributed by atoms with Crippen LogP contribution in [-0.2, 0) is 30.4 Å². The van der Waals surface area contributed by atoms with E-state index in [9.17, 15) is 24.5 Å². The van der Waals surface area contributed by atoms with Crippen molar-refractivity contribution in [2.45, 2.75) is 70.4 Å². The molecule has 1 saturated carbocycles. The summed E-state index contributed by atoms with van der Waals surface area (Å²) >= 11 is 0. The van der Waals surface area contributed by atoms with E-state index in [0.717, 1.165) is 0 Å². The van der Waals surface area contributed by atoms with E-state index in [1.165, 1.54) is 17.0 Å². The van der Waals surface area contributed by atoms with Gasteiger partial charge in [-0.15, -0.1) is 6.58 Å². The molecule has 196 valence electrons. The molecule has 1 aromatic rings. The number of benzene rings is 1. The van der Waals surface area contributed by atoms with Gasteiger partial charge in [0, 0.05) is 24.5 Å². The highest BCUT2D eigenvalue weighted by Gasteiger charge is 2.62. The number of esters is 1. The predicted octanol–water partition coefficient (Wildman–Crippen LogP) is 3.11. The predicted molar refractivity (Wildman–Crippen MR) is 129 cm³/mol. The second kappa shape index (κ2) is 10.7. The number of nitrogens with one attached hydrogen (secondary N) is 1. The van der Waals surface area contributed by atoms with Gasteiger partial charge < -0.3 is 19.5 Å². The van der Waals surface area contributed by atoms with Crippen molar-refractivity contribution in [2.75, 3.05) is 13.2 Å². The van der Waals surface area contributed by atoms with Crippen LogP contribution in [0.5, 0.6) is 0 Å². The summed E-state index contributed by atoms with van der Waals surface area (Å²) in [6.45, 7) is 11.0. The molecule has 11 nitrogen and oxygen atoms in total. The van der Waals surface area contributed by atoms with E-state index >= 15 is 0 Å². The van der Waals surface area contributed by atoms with E-state index in [0.29, 0.717) is 12.0 Å². The lowest BCUT2D eigenvalue weighted by Gasteiger charge is -2.29. The summed E-state index contributed by atoms with van der Waals surface area (Å²) in [5.74, 6) is -1.29. The second-order valence-electron chi connectivity index (χ2n) is 9.97. The van der Waals surface area contributed by atoms with Crippen LogP contribution in [0, 0.1) is 16.0 Å². The maximum atomic E-state index is 13.4. The molecule has 4 unspecified atom stereocenters. The Hall–Kier alpha value is -3.47. The number of nitro groups is 1. The number of carbonyl (C=O) groups is 3. The molecule has 1 N–H and O–H groups in total. The monoisotopic (exact) mass is 503 g/mol. The second-order valence-corrected chi connectivity index (χ2v) is 9.97. The number of hydrogen-bond donors (Lipinski definition) is 1. The molecule has 4 atom stereocenters. The Balaban J connectivity index is 1.73. The Bertz CT molecular complexity index is 1020. The molecule has 0 bridgehead atoms. The first-order valence-corrected chi connectivity index (χ1v) is 11.9. The third-order valence-electron chi connectivity index (χ3n) is 6.11. The van der Waals surface area contributed by atoms with Crippen LogP contribution in [0.4, 0.5) is 10.5 Å². The van der Waals surface area contributed by atoms with Gasteiger partial charge in [0.05, 0.1) is 30.8 Å². The van der Waals surface area contributed by atoms with Gasteiger partial charge in [-0.3, -0.25) is 19.8 Å². The zero-order valence-electron chi connectivity index (χ0n) is 21.0. The maximum Gasteiger partial charge on any atom is 0.411 e. The fourth-order valence-corrected chi connectivity index (χ4v) is 4.18. The highest BCUT2D eigenvalue weighted by molar-refractivity contribution is 5.95. The Morgan fingerprint density at radius 3 is 2.47 bits per heavy atom. The number of rotatable bonds is 9. The van der Waals surface area contributed by atoms with Gasteiger partial charge in [-0.1, -0.05) is 6.08 Å². The molecule has 0 aromatic heterocycles. The van der Waals surface area contributed by atoms with Crippen LogP contribution in [0.15, 0.2) is 36.9 Å². The summed E-state index contributed by atoms with van der Waals surface area (Å²) in [5.41, 5.74) is -1.27. The number of ether oxygens (including phenoxy) is 3. The van der Waals surface area contributed by atoms with Gasteiger partial charge in [0.2, 0.25) is 5.91 Å². The van der Waals surface area contributed by atoms with Crippen molar-refractivity contribution < 1.29 is 33.5 Å². The van der Waals surface area contributed by atoms with Crippen LogP contribution in [0.25, 0.3) is 0 Å². The summed E-state index contributed by atoms with van der Waals surface area (Å²) in [6.07, 6.45) is 1.02. The largest absolute Gasteiger partial charge is 0.464 e. The molecule has 1 aliphatic carbocycles. The van der Waals surface area contributed by atoms with Gasteiger partial charge in [0.1, 0.15) is 17.2 Å². The summed E-state index contributed by atoms with van der Waals surface area (Å²) in [4.78, 5) is 50.5. The van der Waals surface area contributed by atoms with E-state index in [4.69, 9.17) is 14.2 Å². The lowest BCUT2D eigenvalue weighted by Crippen LogP contribution is -2.53. The highest BCUT2D eigenvalue weighted by Crippen LogP contribution is 2.45. The first-order chi connectivity index (χ1) is 16.9. The van der Waals surface area contributed by atoms with Crippen molar-refractivity contribution in [2.24, 2.45) is 5.92 Å². The number of nitrogens with zero attached hydrogens (tertiary/aromatic N) is 2. The Morgan fingerprint density at radius 1 is 1.28 bits per heavy atom.